The molecule has 0 atom stereocenters. The molecule has 0 bridgehead atoms. The van der Waals surface area contributed by atoms with Gasteiger partial charge in [0.05, 0.1) is 0 Å². The zero-order valence-electron chi connectivity index (χ0n) is 13.8. The molecule has 2 nitrogen and oxygen atoms in total. The number of hydrogen-bond donors (Lipinski definition) is 1. The zero-order chi connectivity index (χ0) is 18.1. The van der Waals surface area contributed by atoms with Gasteiger partial charge in [0.2, 0.25) is 5.78 Å². The summed E-state index contributed by atoms with van der Waals surface area (Å²) >= 11 is 3.50. The highest BCUT2D eigenvalue weighted by molar-refractivity contribution is 9.10. The molecule has 3 heteroatoms. The lowest BCUT2D eigenvalue weighted by molar-refractivity contribution is 0.0976. The van der Waals surface area contributed by atoms with Crippen LogP contribution in [-0.2, 0) is 0 Å². The van der Waals surface area contributed by atoms with E-state index in [4.69, 9.17) is 0 Å². The second-order valence-corrected chi connectivity index (χ2v) is 6.99. The van der Waals surface area contributed by atoms with Crippen molar-refractivity contribution < 1.29 is 9.90 Å². The minimum absolute atomic E-state index is 0.237. The van der Waals surface area contributed by atoms with Gasteiger partial charge in [0, 0.05) is 10.0 Å². The molecule has 0 spiro atoms. The maximum Gasteiger partial charge on any atom is 0.227 e. The van der Waals surface area contributed by atoms with Gasteiger partial charge in [0.25, 0.3) is 0 Å². The maximum atomic E-state index is 12.4. The highest BCUT2D eigenvalue weighted by atomic mass is 79.9. The molecule has 0 radical (unpaired) electrons. The van der Waals surface area contributed by atoms with Crippen molar-refractivity contribution in [1.29, 1.82) is 0 Å². The molecule has 0 saturated heterocycles. The summed E-state index contributed by atoms with van der Waals surface area (Å²) in [5, 5.41) is 10.3. The number of halogens is 1. The number of ketones is 1. The molecule has 1 aliphatic rings. The number of aliphatic hydroxyl groups is 1. The lowest BCUT2D eigenvalue weighted by atomic mass is 9.83. The number of Topliss-reactive ketones (excluding diaryl/α,β-unsaturated/α-hetero) is 1. The Hall–Kier alpha value is -2.91. The average Bonchev–Trinajstić information content (AvgIpc) is 2.67. The molecule has 3 aromatic carbocycles. The number of rotatable bonds is 2. The predicted octanol–water partition coefficient (Wildman–Crippen LogP) is 6.05. The summed E-state index contributed by atoms with van der Waals surface area (Å²) in [6, 6.07) is 25.5. The molecule has 0 fully saturated rings. The SMILES string of the molecule is O=C1C(O)=CC(=C(c2ccccc2)c2ccccc2)c2cc(Br)ccc21. The van der Waals surface area contributed by atoms with Crippen LogP contribution in [0.25, 0.3) is 11.1 Å². The Morgan fingerprint density at radius 1 is 0.769 bits per heavy atom. The molecule has 126 valence electrons. The number of hydrogen-bond acceptors (Lipinski definition) is 2. The molecule has 0 unspecified atom stereocenters. The van der Waals surface area contributed by atoms with Gasteiger partial charge in [-0.25, -0.2) is 0 Å². The summed E-state index contributed by atoms with van der Waals surface area (Å²) in [5.41, 5.74) is 5.17. The van der Waals surface area contributed by atoms with E-state index in [2.05, 4.69) is 15.9 Å². The first kappa shape index (κ1) is 16.6. The van der Waals surface area contributed by atoms with Gasteiger partial charge in [0.1, 0.15) is 0 Å². The van der Waals surface area contributed by atoms with Crippen molar-refractivity contribution in [3.63, 3.8) is 0 Å². The van der Waals surface area contributed by atoms with E-state index in [1.807, 2.05) is 72.8 Å². The second kappa shape index (κ2) is 6.77. The molecule has 0 amide bonds. The van der Waals surface area contributed by atoms with Crippen molar-refractivity contribution in [1.82, 2.24) is 0 Å². The standard InChI is InChI=1S/C23H15BrO2/c24-17-11-12-18-19(13-17)20(14-21(25)23(18)26)22(15-7-3-1-4-8-15)16-9-5-2-6-10-16/h1-14,25H. The molecule has 0 aromatic heterocycles. The molecule has 0 saturated carbocycles. The number of carbonyl (C=O) groups is 1. The highest BCUT2D eigenvalue weighted by Gasteiger charge is 2.26. The fourth-order valence-corrected chi connectivity index (χ4v) is 3.61. The number of fused-ring (bicyclic) bond motifs is 1. The van der Waals surface area contributed by atoms with Gasteiger partial charge in [0.15, 0.2) is 5.76 Å². The second-order valence-electron chi connectivity index (χ2n) is 6.07. The molecule has 0 heterocycles. The molecule has 4 rings (SSSR count). The van der Waals surface area contributed by atoms with Crippen LogP contribution in [-0.4, -0.2) is 10.9 Å². The van der Waals surface area contributed by atoms with Gasteiger partial charge in [-0.1, -0.05) is 76.6 Å². The maximum absolute atomic E-state index is 12.4. The largest absolute Gasteiger partial charge is 0.504 e. The van der Waals surface area contributed by atoms with Crippen LogP contribution in [0, 0.1) is 0 Å². The third-order valence-electron chi connectivity index (χ3n) is 4.42. The van der Waals surface area contributed by atoms with Crippen molar-refractivity contribution >= 4 is 32.9 Å². The van der Waals surface area contributed by atoms with E-state index >= 15 is 0 Å². The summed E-state index contributed by atoms with van der Waals surface area (Å²) in [5.74, 6) is -0.587. The third kappa shape index (κ3) is 2.91. The van der Waals surface area contributed by atoms with Crippen molar-refractivity contribution in [2.24, 2.45) is 0 Å². The van der Waals surface area contributed by atoms with E-state index in [9.17, 15) is 9.90 Å². The topological polar surface area (TPSA) is 37.3 Å². The van der Waals surface area contributed by atoms with Crippen LogP contribution in [0.15, 0.2) is 95.2 Å². The van der Waals surface area contributed by atoms with Crippen LogP contribution < -0.4 is 0 Å². The summed E-state index contributed by atoms with van der Waals surface area (Å²) in [7, 11) is 0. The molecular formula is C23H15BrO2. The average molecular weight is 403 g/mol. The Morgan fingerprint density at radius 3 is 1.92 bits per heavy atom. The van der Waals surface area contributed by atoms with Gasteiger partial charge in [-0.3, -0.25) is 4.79 Å². The lowest BCUT2D eigenvalue weighted by Crippen LogP contribution is -2.12. The first-order valence-corrected chi connectivity index (χ1v) is 9.05. The number of benzene rings is 3. The van der Waals surface area contributed by atoms with Crippen LogP contribution in [0.2, 0.25) is 0 Å². The van der Waals surface area contributed by atoms with Crippen LogP contribution in [0.4, 0.5) is 0 Å². The monoisotopic (exact) mass is 402 g/mol. The van der Waals surface area contributed by atoms with Crippen LogP contribution >= 0.6 is 15.9 Å². The van der Waals surface area contributed by atoms with Gasteiger partial charge < -0.3 is 5.11 Å². The van der Waals surface area contributed by atoms with Gasteiger partial charge >= 0.3 is 0 Å². The first-order chi connectivity index (χ1) is 12.6. The molecule has 1 N–H and O–H groups in total. The Labute approximate surface area is 160 Å². The summed E-state index contributed by atoms with van der Waals surface area (Å²) in [6.07, 6.45) is 1.58. The smallest absolute Gasteiger partial charge is 0.227 e. The summed E-state index contributed by atoms with van der Waals surface area (Å²) in [4.78, 5) is 12.4. The molecule has 1 aliphatic carbocycles. The lowest BCUT2D eigenvalue weighted by Gasteiger charge is -2.20. The predicted molar refractivity (Wildman–Crippen MR) is 108 cm³/mol. The van der Waals surface area contributed by atoms with E-state index in [0.29, 0.717) is 5.56 Å². The Kier molecular flexibility index (Phi) is 4.31. The quantitative estimate of drug-likeness (QED) is 0.566. The van der Waals surface area contributed by atoms with Crippen LogP contribution in [0.3, 0.4) is 0 Å². The summed E-state index contributed by atoms with van der Waals surface area (Å²) in [6.45, 7) is 0. The Bertz CT molecular complexity index is 1010. The fraction of sp³-hybridized carbons (Fsp3) is 0. The first-order valence-electron chi connectivity index (χ1n) is 8.25. The van der Waals surface area contributed by atoms with E-state index in [1.54, 1.807) is 12.1 Å². The third-order valence-corrected chi connectivity index (χ3v) is 4.92. The number of aliphatic hydroxyl groups excluding tert-OH is 1. The fourth-order valence-electron chi connectivity index (χ4n) is 3.25. The molecule has 0 aliphatic heterocycles. The van der Waals surface area contributed by atoms with E-state index in [0.717, 1.165) is 32.3 Å². The van der Waals surface area contributed by atoms with Gasteiger partial charge in [-0.05, 0) is 52.1 Å². The van der Waals surface area contributed by atoms with E-state index < -0.39 is 0 Å². The van der Waals surface area contributed by atoms with E-state index in [-0.39, 0.29) is 11.5 Å². The minimum atomic E-state index is -0.350. The molecule has 3 aromatic rings. The zero-order valence-corrected chi connectivity index (χ0v) is 15.4. The number of allylic oxidation sites excluding steroid dienone is 3. The van der Waals surface area contributed by atoms with Gasteiger partial charge in [-0.15, -0.1) is 0 Å². The van der Waals surface area contributed by atoms with Crippen LogP contribution in [0.5, 0.6) is 0 Å². The molecular weight excluding hydrogens is 388 g/mol. The highest BCUT2D eigenvalue weighted by Crippen LogP contribution is 2.39. The minimum Gasteiger partial charge on any atom is -0.504 e. The Morgan fingerprint density at radius 2 is 1.35 bits per heavy atom. The normalized spacial score (nSPS) is 13.2. The van der Waals surface area contributed by atoms with Crippen molar-refractivity contribution in [2.45, 2.75) is 0 Å². The van der Waals surface area contributed by atoms with Crippen molar-refractivity contribution in [3.05, 3.63) is 117 Å². The van der Waals surface area contributed by atoms with Crippen molar-refractivity contribution in [2.75, 3.05) is 0 Å². The number of carbonyl (C=O) groups excluding carboxylic acids is 1. The van der Waals surface area contributed by atoms with E-state index in [1.165, 1.54) is 0 Å². The Balaban J connectivity index is 2.10. The molecule has 26 heavy (non-hydrogen) atoms. The van der Waals surface area contributed by atoms with Crippen LogP contribution in [0.1, 0.15) is 27.0 Å². The summed E-state index contributed by atoms with van der Waals surface area (Å²) < 4.78 is 0.886. The van der Waals surface area contributed by atoms with Gasteiger partial charge in [-0.2, -0.15) is 0 Å². The van der Waals surface area contributed by atoms with Crippen molar-refractivity contribution in [3.8, 4) is 0 Å².